The minimum atomic E-state index is -0.411. The van der Waals surface area contributed by atoms with Crippen molar-refractivity contribution in [3.05, 3.63) is 58.8 Å². The first-order valence-corrected chi connectivity index (χ1v) is 13.4. The molecule has 1 saturated carbocycles. The molecule has 0 spiro atoms. The summed E-state index contributed by atoms with van der Waals surface area (Å²) in [5.41, 5.74) is 3.38. The van der Waals surface area contributed by atoms with Crippen LogP contribution in [-0.4, -0.2) is 58.0 Å². The monoisotopic (exact) mass is 482 g/mol. The van der Waals surface area contributed by atoms with Crippen molar-refractivity contribution in [2.24, 2.45) is 5.92 Å². The number of likely N-dealkylation sites (tertiary alicyclic amines) is 1. The van der Waals surface area contributed by atoms with E-state index in [4.69, 9.17) is 0 Å². The quantitative estimate of drug-likeness (QED) is 0.464. The van der Waals surface area contributed by atoms with Crippen LogP contribution in [0.3, 0.4) is 0 Å². The van der Waals surface area contributed by atoms with Crippen molar-refractivity contribution in [3.63, 3.8) is 0 Å². The first-order valence-electron chi connectivity index (χ1n) is 12.5. The van der Waals surface area contributed by atoms with E-state index in [0.717, 1.165) is 61.1 Å². The molecule has 180 valence electrons. The Morgan fingerprint density at radius 2 is 1.91 bits per heavy atom. The Labute approximate surface area is 204 Å². The molecule has 0 unspecified atom stereocenters. The molecule has 2 aromatic carbocycles. The molecule has 34 heavy (non-hydrogen) atoms. The number of aromatic amines is 1. The molecule has 0 amide bonds. The smallest absolute Gasteiger partial charge is 0.131 e. The number of nitrogens with zero attached hydrogens (tertiary/aromatic N) is 3. The summed E-state index contributed by atoms with van der Waals surface area (Å²) in [6, 6.07) is 7.30. The van der Waals surface area contributed by atoms with Crippen LogP contribution >= 0.6 is 11.8 Å². The van der Waals surface area contributed by atoms with Gasteiger partial charge in [0.25, 0.3) is 0 Å². The number of halogens is 2. The number of thioether (sulfide) groups is 1. The molecule has 2 aliphatic heterocycles. The lowest BCUT2D eigenvalue weighted by atomic mass is 9.76. The van der Waals surface area contributed by atoms with E-state index in [1.165, 1.54) is 12.8 Å². The van der Waals surface area contributed by atoms with Gasteiger partial charge < -0.3 is 4.90 Å². The van der Waals surface area contributed by atoms with Gasteiger partial charge in [0.15, 0.2) is 0 Å². The van der Waals surface area contributed by atoms with Gasteiger partial charge >= 0.3 is 0 Å². The van der Waals surface area contributed by atoms with Crippen molar-refractivity contribution in [1.29, 1.82) is 0 Å². The number of fused-ring (bicyclic) bond motifs is 3. The van der Waals surface area contributed by atoms with Gasteiger partial charge in [0.1, 0.15) is 11.6 Å². The van der Waals surface area contributed by atoms with E-state index in [9.17, 15) is 0 Å². The fourth-order valence-electron chi connectivity index (χ4n) is 5.96. The van der Waals surface area contributed by atoms with Gasteiger partial charge in [-0.3, -0.25) is 10.00 Å². The van der Waals surface area contributed by atoms with Gasteiger partial charge in [0, 0.05) is 52.7 Å². The van der Waals surface area contributed by atoms with Crippen LogP contribution in [0.1, 0.15) is 55.2 Å². The maximum absolute atomic E-state index is 15.8. The third-order valence-electron chi connectivity index (χ3n) is 7.87. The molecule has 3 aromatic rings. The molecule has 1 aromatic heterocycles. The SMILES string of the molecule is CCCN1CC(Sc2cc(F)c([C@@H]3c4ccc5[nH]ncc5c4CN(C)[C@H]3CC3CC3)c(F)c2)C1. The van der Waals surface area contributed by atoms with E-state index in [1.54, 1.807) is 23.9 Å². The van der Waals surface area contributed by atoms with Crippen LogP contribution in [-0.2, 0) is 6.54 Å². The first kappa shape index (κ1) is 22.5. The zero-order chi connectivity index (χ0) is 23.4. The summed E-state index contributed by atoms with van der Waals surface area (Å²) in [6.07, 6.45) is 6.41. The average molecular weight is 483 g/mol. The minimum Gasteiger partial charge on any atom is -0.301 e. The van der Waals surface area contributed by atoms with E-state index in [-0.39, 0.29) is 17.5 Å². The van der Waals surface area contributed by atoms with Crippen molar-refractivity contribution in [2.45, 2.75) is 61.3 Å². The van der Waals surface area contributed by atoms with Gasteiger partial charge in [-0.1, -0.05) is 25.8 Å². The fourth-order valence-corrected chi connectivity index (χ4v) is 7.26. The van der Waals surface area contributed by atoms with Gasteiger partial charge in [-0.15, -0.1) is 11.8 Å². The topological polar surface area (TPSA) is 35.2 Å². The zero-order valence-corrected chi connectivity index (χ0v) is 20.7. The molecule has 0 radical (unpaired) electrons. The van der Waals surface area contributed by atoms with E-state index < -0.39 is 11.6 Å². The van der Waals surface area contributed by atoms with Crippen LogP contribution in [0.5, 0.6) is 0 Å². The third-order valence-corrected chi connectivity index (χ3v) is 9.01. The lowest BCUT2D eigenvalue weighted by Crippen LogP contribution is -2.48. The largest absolute Gasteiger partial charge is 0.301 e. The second-order valence-corrected chi connectivity index (χ2v) is 11.8. The van der Waals surface area contributed by atoms with Crippen LogP contribution in [0.2, 0.25) is 0 Å². The molecule has 1 saturated heterocycles. The van der Waals surface area contributed by atoms with Gasteiger partial charge in [-0.25, -0.2) is 8.78 Å². The second-order valence-electron chi connectivity index (χ2n) is 10.4. The molecule has 4 nitrogen and oxygen atoms in total. The van der Waals surface area contributed by atoms with E-state index in [1.807, 2.05) is 12.3 Å². The highest BCUT2D eigenvalue weighted by atomic mass is 32.2. The Morgan fingerprint density at radius 1 is 1.15 bits per heavy atom. The van der Waals surface area contributed by atoms with Gasteiger partial charge in [-0.05, 0) is 61.7 Å². The van der Waals surface area contributed by atoms with Crippen molar-refractivity contribution >= 4 is 22.7 Å². The lowest BCUT2D eigenvalue weighted by Gasteiger charge is -2.42. The molecule has 0 bridgehead atoms. The minimum absolute atomic E-state index is 0.0843. The molecule has 6 rings (SSSR count). The van der Waals surface area contributed by atoms with Crippen molar-refractivity contribution < 1.29 is 8.78 Å². The molecular weight excluding hydrogens is 450 g/mol. The van der Waals surface area contributed by atoms with E-state index >= 15 is 8.78 Å². The number of H-pyrrole nitrogens is 1. The van der Waals surface area contributed by atoms with Crippen LogP contribution in [0, 0.1) is 17.6 Å². The highest BCUT2D eigenvalue weighted by Gasteiger charge is 2.41. The Bertz CT molecular complexity index is 1180. The Hall–Kier alpha value is -1.96. The summed E-state index contributed by atoms with van der Waals surface area (Å²) < 4.78 is 31.5. The summed E-state index contributed by atoms with van der Waals surface area (Å²) in [5, 5.41) is 8.72. The maximum atomic E-state index is 15.8. The van der Waals surface area contributed by atoms with Crippen molar-refractivity contribution in [2.75, 3.05) is 26.7 Å². The number of hydrogen-bond acceptors (Lipinski definition) is 4. The number of hydrogen-bond donors (Lipinski definition) is 1. The second kappa shape index (κ2) is 8.92. The molecule has 2 fully saturated rings. The normalized spacial score (nSPS) is 23.9. The molecular formula is C27H32F2N4S. The van der Waals surface area contributed by atoms with Gasteiger partial charge in [0.05, 0.1) is 11.7 Å². The molecule has 1 N–H and O–H groups in total. The molecule has 1 aliphatic carbocycles. The lowest BCUT2D eigenvalue weighted by molar-refractivity contribution is 0.177. The van der Waals surface area contributed by atoms with Crippen molar-refractivity contribution in [3.8, 4) is 0 Å². The van der Waals surface area contributed by atoms with Gasteiger partial charge in [-0.2, -0.15) is 5.10 Å². The molecule has 2 atom stereocenters. The standard InChI is InChI=1S/C27H32F2N4S/c1-3-8-33-13-18(14-33)34-17-10-22(28)27(23(29)11-17)26-19-6-7-24-20(12-30-31-24)21(19)15-32(2)25(26)9-16-4-5-16/h6-7,10-12,16,18,25-26H,3-5,8-9,13-15H2,1-2H3,(H,30,31)/t25-,26+/m0/s1. The highest BCUT2D eigenvalue weighted by molar-refractivity contribution is 8.00. The molecule has 3 heterocycles. The van der Waals surface area contributed by atoms with Crippen molar-refractivity contribution in [1.82, 2.24) is 20.0 Å². The fraction of sp³-hybridized carbons (Fsp3) is 0.519. The van der Waals surface area contributed by atoms with Gasteiger partial charge in [0.2, 0.25) is 0 Å². The molecule has 3 aliphatic rings. The Balaban J connectivity index is 1.36. The Morgan fingerprint density at radius 3 is 2.62 bits per heavy atom. The third kappa shape index (κ3) is 4.06. The predicted molar refractivity (Wildman–Crippen MR) is 133 cm³/mol. The summed E-state index contributed by atoms with van der Waals surface area (Å²) in [4.78, 5) is 5.40. The average Bonchev–Trinajstić information content (AvgIpc) is 3.46. The number of likely N-dealkylation sites (N-methyl/N-ethyl adjacent to an activating group) is 1. The van der Waals surface area contributed by atoms with Crippen LogP contribution < -0.4 is 0 Å². The van der Waals surface area contributed by atoms with E-state index in [2.05, 4.69) is 40.0 Å². The first-order chi connectivity index (χ1) is 16.5. The number of aromatic nitrogens is 2. The number of rotatable bonds is 7. The summed E-state index contributed by atoms with van der Waals surface area (Å²) in [5.74, 6) is -0.477. The molecule has 7 heteroatoms. The predicted octanol–water partition coefficient (Wildman–Crippen LogP) is 5.77. The summed E-state index contributed by atoms with van der Waals surface area (Å²) in [7, 11) is 2.10. The number of nitrogens with one attached hydrogen (secondary N) is 1. The van der Waals surface area contributed by atoms with Crippen LogP contribution in [0.15, 0.2) is 35.4 Å². The maximum Gasteiger partial charge on any atom is 0.131 e. The zero-order valence-electron chi connectivity index (χ0n) is 19.9. The van der Waals surface area contributed by atoms with Crippen LogP contribution in [0.4, 0.5) is 8.78 Å². The van der Waals surface area contributed by atoms with Crippen LogP contribution in [0.25, 0.3) is 10.9 Å². The Kier molecular flexibility index (Phi) is 5.90. The summed E-state index contributed by atoms with van der Waals surface area (Å²) >= 11 is 1.61. The van der Waals surface area contributed by atoms with E-state index in [0.29, 0.717) is 16.1 Å². The summed E-state index contributed by atoms with van der Waals surface area (Å²) in [6.45, 7) is 6.04. The highest BCUT2D eigenvalue weighted by Crippen LogP contribution is 2.47. The number of benzene rings is 2.